The summed E-state index contributed by atoms with van der Waals surface area (Å²) in [4.78, 5) is 12.0. The van der Waals surface area contributed by atoms with Crippen molar-refractivity contribution in [3.8, 4) is 0 Å². The second kappa shape index (κ2) is 7.24. The molecule has 5 nitrogen and oxygen atoms in total. The van der Waals surface area contributed by atoms with Crippen molar-refractivity contribution in [2.24, 2.45) is 0 Å². The Morgan fingerprint density at radius 2 is 2.14 bits per heavy atom. The van der Waals surface area contributed by atoms with Gasteiger partial charge >= 0.3 is 0 Å². The molecule has 1 aromatic carbocycles. The van der Waals surface area contributed by atoms with Crippen molar-refractivity contribution in [1.82, 2.24) is 15.1 Å². The SMILES string of the molecule is CO[C@H](c1ccc(Cl)cc1)[C@H](C)NC(=O)Cn1cccn1. The molecule has 1 N–H and O–H groups in total. The quantitative estimate of drug-likeness (QED) is 0.891. The van der Waals surface area contributed by atoms with E-state index < -0.39 is 0 Å². The van der Waals surface area contributed by atoms with Crippen LogP contribution in [0, 0.1) is 0 Å². The van der Waals surface area contributed by atoms with Crippen LogP contribution in [0.2, 0.25) is 5.02 Å². The summed E-state index contributed by atoms with van der Waals surface area (Å²) in [5.74, 6) is -0.109. The van der Waals surface area contributed by atoms with Gasteiger partial charge in [0.15, 0.2) is 0 Å². The minimum Gasteiger partial charge on any atom is -0.375 e. The number of ether oxygens (including phenoxy) is 1. The lowest BCUT2D eigenvalue weighted by Gasteiger charge is -2.24. The van der Waals surface area contributed by atoms with Gasteiger partial charge in [0.25, 0.3) is 0 Å². The van der Waals surface area contributed by atoms with Crippen LogP contribution in [0.5, 0.6) is 0 Å². The molecule has 1 aromatic heterocycles. The van der Waals surface area contributed by atoms with Gasteiger partial charge in [0.1, 0.15) is 12.6 Å². The monoisotopic (exact) mass is 307 g/mol. The van der Waals surface area contributed by atoms with E-state index in [9.17, 15) is 4.79 Å². The summed E-state index contributed by atoms with van der Waals surface area (Å²) in [6.45, 7) is 2.10. The lowest BCUT2D eigenvalue weighted by molar-refractivity contribution is -0.123. The summed E-state index contributed by atoms with van der Waals surface area (Å²) in [5, 5.41) is 7.60. The molecule has 0 unspecified atom stereocenters. The van der Waals surface area contributed by atoms with E-state index in [0.29, 0.717) is 5.02 Å². The fourth-order valence-electron chi connectivity index (χ4n) is 2.20. The standard InChI is InChI=1S/C15H18ClN3O2/c1-11(18-14(20)10-19-9-3-8-17-19)15(21-2)12-4-6-13(16)7-5-12/h3-9,11,15H,10H2,1-2H3,(H,18,20)/t11-,15-/m0/s1. The largest absolute Gasteiger partial charge is 0.375 e. The minimum atomic E-state index is -0.233. The number of carbonyl (C=O) groups excluding carboxylic acids is 1. The number of benzene rings is 1. The number of nitrogens with one attached hydrogen (secondary N) is 1. The summed E-state index contributed by atoms with van der Waals surface area (Å²) in [6.07, 6.45) is 3.16. The molecule has 0 fully saturated rings. The number of amides is 1. The van der Waals surface area contributed by atoms with Crippen molar-refractivity contribution < 1.29 is 9.53 Å². The first kappa shape index (κ1) is 15.5. The molecule has 1 heterocycles. The van der Waals surface area contributed by atoms with Crippen LogP contribution in [-0.2, 0) is 16.1 Å². The smallest absolute Gasteiger partial charge is 0.242 e. The second-order valence-corrected chi connectivity index (χ2v) is 5.20. The molecule has 0 aliphatic rings. The number of methoxy groups -OCH3 is 1. The summed E-state index contributed by atoms with van der Waals surface area (Å²) in [5.41, 5.74) is 0.966. The van der Waals surface area contributed by atoms with Crippen molar-refractivity contribution >= 4 is 17.5 Å². The highest BCUT2D eigenvalue weighted by Gasteiger charge is 2.20. The van der Waals surface area contributed by atoms with Crippen LogP contribution >= 0.6 is 11.6 Å². The Morgan fingerprint density at radius 1 is 1.43 bits per heavy atom. The molecule has 2 aromatic rings. The van der Waals surface area contributed by atoms with Gasteiger partial charge in [0.2, 0.25) is 5.91 Å². The highest BCUT2D eigenvalue weighted by molar-refractivity contribution is 6.30. The minimum absolute atomic E-state index is 0.109. The molecule has 2 atom stereocenters. The normalized spacial score (nSPS) is 13.7. The molecule has 112 valence electrons. The Hall–Kier alpha value is -1.85. The van der Waals surface area contributed by atoms with Gasteiger partial charge in [-0.05, 0) is 30.7 Å². The summed E-state index contributed by atoms with van der Waals surface area (Å²) in [7, 11) is 1.62. The van der Waals surface area contributed by atoms with Crippen molar-refractivity contribution in [2.75, 3.05) is 7.11 Å². The third-order valence-electron chi connectivity index (χ3n) is 3.16. The fourth-order valence-corrected chi connectivity index (χ4v) is 2.32. The van der Waals surface area contributed by atoms with Crippen LogP contribution in [0.4, 0.5) is 0 Å². The topological polar surface area (TPSA) is 56.1 Å². The first-order chi connectivity index (χ1) is 10.1. The van der Waals surface area contributed by atoms with E-state index in [2.05, 4.69) is 10.4 Å². The molecule has 0 spiro atoms. The van der Waals surface area contributed by atoms with Crippen LogP contribution in [0.15, 0.2) is 42.7 Å². The summed E-state index contributed by atoms with van der Waals surface area (Å²) >= 11 is 5.88. The maximum atomic E-state index is 12.0. The van der Waals surface area contributed by atoms with Gasteiger partial charge in [-0.3, -0.25) is 9.48 Å². The molecule has 0 radical (unpaired) electrons. The zero-order valence-corrected chi connectivity index (χ0v) is 12.7. The van der Waals surface area contributed by atoms with Crippen molar-refractivity contribution in [2.45, 2.75) is 25.6 Å². The first-order valence-corrected chi connectivity index (χ1v) is 7.03. The molecule has 6 heteroatoms. The second-order valence-electron chi connectivity index (χ2n) is 4.77. The predicted octanol–water partition coefficient (Wildman–Crippen LogP) is 2.43. The van der Waals surface area contributed by atoms with Gasteiger partial charge in [-0.15, -0.1) is 0 Å². The summed E-state index contributed by atoms with van der Waals surface area (Å²) in [6, 6.07) is 9.02. The van der Waals surface area contributed by atoms with Gasteiger partial charge in [-0.25, -0.2) is 0 Å². The predicted molar refractivity (Wildman–Crippen MR) is 81.0 cm³/mol. The van der Waals surface area contributed by atoms with Crippen LogP contribution in [0.3, 0.4) is 0 Å². The average Bonchev–Trinajstić information content (AvgIpc) is 2.94. The number of hydrogen-bond donors (Lipinski definition) is 1. The molecule has 0 aliphatic heterocycles. The lowest BCUT2D eigenvalue weighted by atomic mass is 10.0. The van der Waals surface area contributed by atoms with E-state index in [1.165, 1.54) is 0 Å². The Labute approximate surface area is 128 Å². The Balaban J connectivity index is 1.98. The molecular weight excluding hydrogens is 290 g/mol. The van der Waals surface area contributed by atoms with E-state index >= 15 is 0 Å². The van der Waals surface area contributed by atoms with Gasteiger partial charge in [0.05, 0.1) is 6.04 Å². The maximum Gasteiger partial charge on any atom is 0.242 e. The van der Waals surface area contributed by atoms with Gasteiger partial charge < -0.3 is 10.1 Å². The van der Waals surface area contributed by atoms with Crippen LogP contribution in [0.1, 0.15) is 18.6 Å². The third-order valence-corrected chi connectivity index (χ3v) is 3.41. The van der Waals surface area contributed by atoms with Gasteiger partial charge in [-0.1, -0.05) is 23.7 Å². The molecule has 0 aliphatic carbocycles. The highest BCUT2D eigenvalue weighted by Crippen LogP contribution is 2.22. The van der Waals surface area contributed by atoms with E-state index in [-0.39, 0.29) is 24.6 Å². The first-order valence-electron chi connectivity index (χ1n) is 6.65. The third kappa shape index (κ3) is 4.31. The van der Waals surface area contributed by atoms with E-state index in [0.717, 1.165) is 5.56 Å². The van der Waals surface area contributed by atoms with Gasteiger partial charge in [-0.2, -0.15) is 5.10 Å². The van der Waals surface area contributed by atoms with Crippen LogP contribution < -0.4 is 5.32 Å². The number of rotatable bonds is 6. The molecule has 0 bridgehead atoms. The lowest BCUT2D eigenvalue weighted by Crippen LogP contribution is -2.39. The molecule has 2 rings (SSSR count). The van der Waals surface area contributed by atoms with Gasteiger partial charge in [0, 0.05) is 24.5 Å². The van der Waals surface area contributed by atoms with E-state index in [1.54, 1.807) is 42.4 Å². The van der Waals surface area contributed by atoms with Crippen LogP contribution in [-0.4, -0.2) is 28.8 Å². The van der Waals surface area contributed by atoms with E-state index in [4.69, 9.17) is 16.3 Å². The van der Waals surface area contributed by atoms with Crippen molar-refractivity contribution in [1.29, 1.82) is 0 Å². The number of nitrogens with zero attached hydrogens (tertiary/aromatic N) is 2. The zero-order valence-electron chi connectivity index (χ0n) is 12.0. The Bertz CT molecular complexity index is 569. The highest BCUT2D eigenvalue weighted by atomic mass is 35.5. The number of hydrogen-bond acceptors (Lipinski definition) is 3. The number of carbonyl (C=O) groups is 1. The Morgan fingerprint density at radius 3 is 2.71 bits per heavy atom. The van der Waals surface area contributed by atoms with Crippen LogP contribution in [0.25, 0.3) is 0 Å². The van der Waals surface area contributed by atoms with Crippen molar-refractivity contribution in [3.63, 3.8) is 0 Å². The van der Waals surface area contributed by atoms with E-state index in [1.807, 2.05) is 19.1 Å². The fraction of sp³-hybridized carbons (Fsp3) is 0.333. The maximum absolute atomic E-state index is 12.0. The molecule has 0 saturated heterocycles. The zero-order chi connectivity index (χ0) is 15.2. The molecular formula is C15H18ClN3O2. The Kier molecular flexibility index (Phi) is 5.36. The molecule has 0 saturated carbocycles. The summed E-state index contributed by atoms with van der Waals surface area (Å²) < 4.78 is 7.07. The molecule has 21 heavy (non-hydrogen) atoms. The molecule has 1 amide bonds. The number of aromatic nitrogens is 2. The van der Waals surface area contributed by atoms with Crippen molar-refractivity contribution in [3.05, 3.63) is 53.3 Å². The number of halogens is 1. The average molecular weight is 308 g/mol.